The summed E-state index contributed by atoms with van der Waals surface area (Å²) in [4.78, 5) is 26.1. The molecule has 0 unspecified atom stereocenters. The number of amides is 2. The van der Waals surface area contributed by atoms with E-state index in [0.29, 0.717) is 0 Å². The van der Waals surface area contributed by atoms with Gasteiger partial charge >= 0.3 is 6.18 Å². The normalized spacial score (nSPS) is 22.5. The van der Waals surface area contributed by atoms with Gasteiger partial charge in [0, 0.05) is 19.0 Å². The van der Waals surface area contributed by atoms with Gasteiger partial charge in [-0.1, -0.05) is 24.6 Å². The molecule has 0 bridgehead atoms. The molecule has 0 spiro atoms. The molecule has 4 nitrogen and oxygen atoms in total. The van der Waals surface area contributed by atoms with E-state index in [0.717, 1.165) is 25.3 Å². The van der Waals surface area contributed by atoms with Crippen molar-refractivity contribution >= 4 is 11.8 Å². The Hall–Kier alpha value is -2.05. The van der Waals surface area contributed by atoms with E-state index in [9.17, 15) is 22.8 Å². The number of carbonyl (C=O) groups is 2. The first-order chi connectivity index (χ1) is 10.9. The van der Waals surface area contributed by atoms with Crippen LogP contribution in [0, 0.1) is 5.92 Å². The molecule has 2 amide bonds. The summed E-state index contributed by atoms with van der Waals surface area (Å²) in [6.07, 6.45) is -2.14. The first kappa shape index (κ1) is 15.8. The van der Waals surface area contributed by atoms with Crippen LogP contribution in [-0.4, -0.2) is 29.8 Å². The third-order valence-electron chi connectivity index (χ3n) is 4.51. The predicted octanol–water partition coefficient (Wildman–Crippen LogP) is 2.51. The van der Waals surface area contributed by atoms with Gasteiger partial charge in [-0.2, -0.15) is 13.2 Å². The lowest BCUT2D eigenvalue weighted by molar-refractivity contribution is -0.150. The molecule has 23 heavy (non-hydrogen) atoms. The van der Waals surface area contributed by atoms with Crippen molar-refractivity contribution in [1.82, 2.24) is 10.2 Å². The van der Waals surface area contributed by atoms with Gasteiger partial charge in [-0.25, -0.2) is 0 Å². The van der Waals surface area contributed by atoms with Gasteiger partial charge in [0.25, 0.3) is 0 Å². The minimum absolute atomic E-state index is 0.162. The molecule has 1 heterocycles. The Kier molecular flexibility index (Phi) is 4.04. The number of benzene rings is 1. The topological polar surface area (TPSA) is 49.4 Å². The van der Waals surface area contributed by atoms with Crippen molar-refractivity contribution in [2.24, 2.45) is 5.92 Å². The summed E-state index contributed by atoms with van der Waals surface area (Å²) in [5.74, 6) is -0.935. The van der Waals surface area contributed by atoms with Crippen molar-refractivity contribution in [2.45, 2.75) is 31.5 Å². The Labute approximate surface area is 131 Å². The maximum Gasteiger partial charge on any atom is 0.416 e. The standard InChI is InChI=1S/C16H17F3N2O2/c17-16(18,19)12-7-2-1-6-11(12)13-14(22)20-8-9-21(13)15(23)10-4-3-5-10/h1-2,6-7,10,13H,3-5,8-9H2,(H,20,22)/t13-/m1/s1. The minimum Gasteiger partial charge on any atom is -0.352 e. The summed E-state index contributed by atoms with van der Waals surface area (Å²) in [5, 5.41) is 2.57. The van der Waals surface area contributed by atoms with E-state index in [4.69, 9.17) is 0 Å². The van der Waals surface area contributed by atoms with Crippen LogP contribution in [0.15, 0.2) is 24.3 Å². The zero-order valence-electron chi connectivity index (χ0n) is 12.4. The zero-order chi connectivity index (χ0) is 16.6. The molecule has 1 aromatic carbocycles. The van der Waals surface area contributed by atoms with Gasteiger partial charge in [0.15, 0.2) is 0 Å². The fourth-order valence-electron chi connectivity index (χ4n) is 3.10. The third kappa shape index (κ3) is 2.92. The van der Waals surface area contributed by atoms with Gasteiger partial charge in [-0.3, -0.25) is 9.59 Å². The smallest absolute Gasteiger partial charge is 0.352 e. The molecule has 2 aliphatic rings. The molecule has 1 aromatic rings. The number of carbonyl (C=O) groups excluding carboxylic acids is 2. The molecule has 7 heteroatoms. The SMILES string of the molecule is O=C1NCCN(C(=O)C2CCC2)[C@@H]1c1ccccc1C(F)(F)F. The number of nitrogens with zero attached hydrogens (tertiary/aromatic N) is 1. The van der Waals surface area contributed by atoms with E-state index >= 15 is 0 Å². The van der Waals surface area contributed by atoms with Crippen LogP contribution < -0.4 is 5.32 Å². The van der Waals surface area contributed by atoms with Crippen molar-refractivity contribution in [1.29, 1.82) is 0 Å². The van der Waals surface area contributed by atoms with E-state index in [1.165, 1.54) is 23.1 Å². The molecule has 1 saturated heterocycles. The van der Waals surface area contributed by atoms with E-state index in [1.54, 1.807) is 0 Å². The van der Waals surface area contributed by atoms with Crippen LogP contribution in [0.4, 0.5) is 13.2 Å². The number of piperazine rings is 1. The Balaban J connectivity index is 2.00. The van der Waals surface area contributed by atoms with E-state index in [1.807, 2.05) is 0 Å². The maximum atomic E-state index is 13.3. The summed E-state index contributed by atoms with van der Waals surface area (Å²) in [6, 6.07) is 3.75. The van der Waals surface area contributed by atoms with Crippen LogP contribution >= 0.6 is 0 Å². The highest BCUT2D eigenvalue weighted by Crippen LogP contribution is 2.38. The van der Waals surface area contributed by atoms with Crippen LogP contribution in [0.5, 0.6) is 0 Å². The summed E-state index contributed by atoms with van der Waals surface area (Å²) >= 11 is 0. The summed E-state index contributed by atoms with van der Waals surface area (Å²) in [7, 11) is 0. The summed E-state index contributed by atoms with van der Waals surface area (Å²) < 4.78 is 39.8. The second-order valence-electron chi connectivity index (χ2n) is 5.94. The van der Waals surface area contributed by atoms with Crippen LogP contribution in [-0.2, 0) is 15.8 Å². The van der Waals surface area contributed by atoms with Crippen LogP contribution in [0.1, 0.15) is 36.4 Å². The van der Waals surface area contributed by atoms with Crippen molar-refractivity contribution < 1.29 is 22.8 Å². The van der Waals surface area contributed by atoms with Crippen molar-refractivity contribution in [3.8, 4) is 0 Å². The average Bonchev–Trinajstić information content (AvgIpc) is 2.44. The fraction of sp³-hybridized carbons (Fsp3) is 0.500. The van der Waals surface area contributed by atoms with Gasteiger partial charge in [-0.05, 0) is 24.5 Å². The number of rotatable bonds is 2. The van der Waals surface area contributed by atoms with Crippen molar-refractivity contribution in [3.63, 3.8) is 0 Å². The summed E-state index contributed by atoms with van der Waals surface area (Å²) in [5.41, 5.74) is -1.03. The van der Waals surface area contributed by atoms with Crippen LogP contribution in [0.2, 0.25) is 0 Å². The molecule has 124 valence electrons. The highest BCUT2D eigenvalue weighted by Gasteiger charge is 2.43. The molecule has 0 aromatic heterocycles. The molecule has 1 saturated carbocycles. The lowest BCUT2D eigenvalue weighted by Crippen LogP contribution is -2.54. The molecule has 3 rings (SSSR count). The van der Waals surface area contributed by atoms with Gasteiger partial charge in [-0.15, -0.1) is 0 Å². The van der Waals surface area contributed by atoms with Gasteiger partial charge in [0.05, 0.1) is 5.56 Å². The molecule has 1 N–H and O–H groups in total. The molecule has 0 radical (unpaired) electrons. The maximum absolute atomic E-state index is 13.3. The number of hydrogen-bond acceptors (Lipinski definition) is 2. The predicted molar refractivity (Wildman–Crippen MR) is 76.2 cm³/mol. The lowest BCUT2D eigenvalue weighted by Gasteiger charge is -2.40. The lowest BCUT2D eigenvalue weighted by atomic mass is 9.83. The van der Waals surface area contributed by atoms with Crippen molar-refractivity contribution in [2.75, 3.05) is 13.1 Å². The zero-order valence-corrected chi connectivity index (χ0v) is 12.4. The molecular weight excluding hydrogens is 309 g/mol. The highest BCUT2D eigenvalue weighted by atomic mass is 19.4. The van der Waals surface area contributed by atoms with Gasteiger partial charge in [0.2, 0.25) is 11.8 Å². The average molecular weight is 326 g/mol. The quantitative estimate of drug-likeness (QED) is 0.908. The minimum atomic E-state index is -4.57. The highest BCUT2D eigenvalue weighted by molar-refractivity contribution is 5.91. The fourth-order valence-corrected chi connectivity index (χ4v) is 3.10. The number of nitrogens with one attached hydrogen (secondary N) is 1. The first-order valence-electron chi connectivity index (χ1n) is 7.64. The van der Waals surface area contributed by atoms with E-state index < -0.39 is 23.7 Å². The van der Waals surface area contributed by atoms with Crippen LogP contribution in [0.3, 0.4) is 0 Å². The third-order valence-corrected chi connectivity index (χ3v) is 4.51. The number of alkyl halides is 3. The number of hydrogen-bond donors (Lipinski definition) is 1. The molecular formula is C16H17F3N2O2. The molecule has 2 fully saturated rings. The second-order valence-corrected chi connectivity index (χ2v) is 5.94. The monoisotopic (exact) mass is 326 g/mol. The number of halogens is 3. The Morgan fingerprint density at radius 2 is 1.91 bits per heavy atom. The Morgan fingerprint density at radius 1 is 1.22 bits per heavy atom. The van der Waals surface area contributed by atoms with Gasteiger partial charge in [0.1, 0.15) is 6.04 Å². The Morgan fingerprint density at radius 3 is 2.52 bits per heavy atom. The first-order valence-corrected chi connectivity index (χ1v) is 7.64. The van der Waals surface area contributed by atoms with Crippen molar-refractivity contribution in [3.05, 3.63) is 35.4 Å². The van der Waals surface area contributed by atoms with E-state index in [2.05, 4.69) is 5.32 Å². The largest absolute Gasteiger partial charge is 0.416 e. The summed E-state index contributed by atoms with van der Waals surface area (Å²) in [6.45, 7) is 0.500. The molecule has 1 aliphatic carbocycles. The Bertz CT molecular complexity index is 626. The van der Waals surface area contributed by atoms with Crippen LogP contribution in [0.25, 0.3) is 0 Å². The molecule has 1 aliphatic heterocycles. The molecule has 1 atom stereocenters. The second kappa shape index (κ2) is 5.86. The van der Waals surface area contributed by atoms with E-state index in [-0.39, 0.29) is 30.5 Å². The van der Waals surface area contributed by atoms with Gasteiger partial charge < -0.3 is 10.2 Å².